The molecule has 0 radical (unpaired) electrons. The van der Waals surface area contributed by atoms with E-state index in [2.05, 4.69) is 22.0 Å². The Hall–Kier alpha value is -2.07. The molecule has 1 unspecified atom stereocenters. The molecule has 1 fully saturated rings. The fourth-order valence-corrected chi connectivity index (χ4v) is 3.74. The summed E-state index contributed by atoms with van der Waals surface area (Å²) in [5.74, 6) is -1.10. The van der Waals surface area contributed by atoms with Crippen LogP contribution in [-0.2, 0) is 20.8 Å². The Morgan fingerprint density at radius 3 is 2.46 bits per heavy atom. The minimum Gasteiger partial charge on any atom is -0.481 e. The van der Waals surface area contributed by atoms with E-state index in [0.29, 0.717) is 18.2 Å². The van der Waals surface area contributed by atoms with Crippen LogP contribution >= 0.6 is 11.3 Å². The predicted molar refractivity (Wildman–Crippen MR) is 108 cm³/mol. The van der Waals surface area contributed by atoms with E-state index >= 15 is 0 Å². The van der Waals surface area contributed by atoms with Gasteiger partial charge in [0.1, 0.15) is 5.01 Å². The average Bonchev–Trinajstić information content (AvgIpc) is 3.20. The molecule has 2 heterocycles. The zero-order chi connectivity index (χ0) is 21.3. The fourth-order valence-electron chi connectivity index (χ4n) is 2.77. The van der Waals surface area contributed by atoms with E-state index < -0.39 is 5.97 Å². The van der Waals surface area contributed by atoms with Gasteiger partial charge in [0.15, 0.2) is 0 Å². The monoisotopic (exact) mass is 413 g/mol. The third-order valence-corrected chi connectivity index (χ3v) is 5.11. The lowest BCUT2D eigenvalue weighted by Crippen LogP contribution is -2.36. The largest absolute Gasteiger partial charge is 0.481 e. The van der Waals surface area contributed by atoms with Crippen LogP contribution in [0.25, 0.3) is 0 Å². The van der Waals surface area contributed by atoms with Gasteiger partial charge in [-0.05, 0) is 33.5 Å². The van der Waals surface area contributed by atoms with Gasteiger partial charge < -0.3 is 14.9 Å². The zero-order valence-corrected chi connectivity index (χ0v) is 18.2. The van der Waals surface area contributed by atoms with E-state index in [9.17, 15) is 9.59 Å². The van der Waals surface area contributed by atoms with Crippen LogP contribution in [0.15, 0.2) is 0 Å². The van der Waals surface area contributed by atoms with Crippen LogP contribution < -0.4 is 4.90 Å². The number of amides is 2. The maximum atomic E-state index is 12.6. The fraction of sp³-hybridized carbons (Fsp3) is 0.722. The summed E-state index contributed by atoms with van der Waals surface area (Å²) in [5.41, 5.74) is 0. The highest BCUT2D eigenvalue weighted by Gasteiger charge is 2.37. The Labute approximate surface area is 170 Å². The topological polar surface area (TPSA) is 107 Å². The summed E-state index contributed by atoms with van der Waals surface area (Å²) in [5, 5.41) is 17.2. The molecule has 1 aromatic heterocycles. The summed E-state index contributed by atoms with van der Waals surface area (Å²) in [6.07, 6.45) is 3.06. The van der Waals surface area contributed by atoms with Crippen LogP contribution in [0.1, 0.15) is 38.1 Å². The van der Waals surface area contributed by atoms with Gasteiger partial charge in [-0.1, -0.05) is 18.3 Å². The number of carbonyl (C=O) groups excluding carboxylic acids is 2. The maximum absolute atomic E-state index is 12.6. The van der Waals surface area contributed by atoms with E-state index in [-0.39, 0.29) is 24.2 Å². The molecule has 10 heteroatoms. The molecule has 2 rings (SSSR count). The first-order chi connectivity index (χ1) is 13.1. The zero-order valence-electron chi connectivity index (χ0n) is 17.3. The molecule has 0 aromatic carbocycles. The van der Waals surface area contributed by atoms with Crippen molar-refractivity contribution in [2.45, 2.75) is 39.5 Å². The van der Waals surface area contributed by atoms with Gasteiger partial charge in [0.05, 0.1) is 5.92 Å². The molecular weight excluding hydrogens is 382 g/mol. The first-order valence-electron chi connectivity index (χ1n) is 9.37. The molecule has 9 nitrogen and oxygen atoms in total. The molecule has 0 bridgehead atoms. The van der Waals surface area contributed by atoms with Crippen LogP contribution in [0.2, 0.25) is 0 Å². The van der Waals surface area contributed by atoms with Crippen LogP contribution in [0.4, 0.5) is 5.13 Å². The lowest BCUT2D eigenvalue weighted by Gasteiger charge is -2.21. The predicted octanol–water partition coefficient (Wildman–Crippen LogP) is 1.34. The Balaban J connectivity index is 0.000000892. The summed E-state index contributed by atoms with van der Waals surface area (Å²) in [6, 6.07) is 0. The highest BCUT2D eigenvalue weighted by molar-refractivity contribution is 7.15. The van der Waals surface area contributed by atoms with Crippen LogP contribution in [-0.4, -0.2) is 83.7 Å². The molecule has 0 saturated carbocycles. The van der Waals surface area contributed by atoms with Crippen molar-refractivity contribution < 1.29 is 19.5 Å². The van der Waals surface area contributed by atoms with Crippen molar-refractivity contribution in [2.24, 2.45) is 5.92 Å². The van der Waals surface area contributed by atoms with E-state index in [1.807, 2.05) is 21.1 Å². The normalized spacial score (nSPS) is 16.1. The van der Waals surface area contributed by atoms with Crippen molar-refractivity contribution in [3.63, 3.8) is 0 Å². The quantitative estimate of drug-likeness (QED) is 0.685. The number of aryl methyl sites for hydroxylation is 1. The van der Waals surface area contributed by atoms with E-state index in [0.717, 1.165) is 37.7 Å². The van der Waals surface area contributed by atoms with Gasteiger partial charge in [0.25, 0.3) is 5.97 Å². The Bertz CT molecular complexity index is 660. The summed E-state index contributed by atoms with van der Waals surface area (Å²) in [6.45, 7) is 5.23. The van der Waals surface area contributed by atoms with Gasteiger partial charge in [-0.15, -0.1) is 10.2 Å². The molecule has 158 valence electrons. The Morgan fingerprint density at radius 2 is 1.89 bits per heavy atom. The van der Waals surface area contributed by atoms with E-state index in [1.165, 1.54) is 11.3 Å². The molecule has 1 aliphatic heterocycles. The molecule has 1 saturated heterocycles. The molecule has 1 atom stereocenters. The molecule has 0 spiro atoms. The highest BCUT2D eigenvalue weighted by Crippen LogP contribution is 2.29. The number of carboxylic acids is 1. The van der Waals surface area contributed by atoms with Gasteiger partial charge in [-0.2, -0.15) is 0 Å². The van der Waals surface area contributed by atoms with E-state index in [1.54, 1.807) is 9.80 Å². The lowest BCUT2D eigenvalue weighted by atomic mass is 10.1. The van der Waals surface area contributed by atoms with Crippen LogP contribution in [0, 0.1) is 5.92 Å². The van der Waals surface area contributed by atoms with Crippen molar-refractivity contribution in [1.29, 1.82) is 0 Å². The van der Waals surface area contributed by atoms with Crippen molar-refractivity contribution in [3.05, 3.63) is 5.01 Å². The third kappa shape index (κ3) is 7.89. The number of aromatic nitrogens is 2. The first kappa shape index (κ1) is 24.0. The van der Waals surface area contributed by atoms with Gasteiger partial charge in [0, 0.05) is 39.9 Å². The summed E-state index contributed by atoms with van der Waals surface area (Å²) in [7, 11) is 5.85. The van der Waals surface area contributed by atoms with Gasteiger partial charge >= 0.3 is 0 Å². The smallest absolute Gasteiger partial charge is 0.300 e. The van der Waals surface area contributed by atoms with E-state index in [4.69, 9.17) is 9.90 Å². The van der Waals surface area contributed by atoms with Gasteiger partial charge in [-0.3, -0.25) is 19.3 Å². The molecule has 0 aliphatic carbocycles. The first-order valence-corrected chi connectivity index (χ1v) is 10.2. The van der Waals surface area contributed by atoms with Crippen LogP contribution in [0.5, 0.6) is 0 Å². The Morgan fingerprint density at radius 1 is 1.25 bits per heavy atom. The number of aliphatic carboxylic acids is 1. The minimum atomic E-state index is -0.833. The lowest BCUT2D eigenvalue weighted by molar-refractivity contribution is -0.135. The van der Waals surface area contributed by atoms with Crippen molar-refractivity contribution in [1.82, 2.24) is 20.0 Å². The maximum Gasteiger partial charge on any atom is 0.300 e. The Kier molecular flexibility index (Phi) is 10.0. The van der Waals surface area contributed by atoms with Gasteiger partial charge in [0.2, 0.25) is 16.9 Å². The van der Waals surface area contributed by atoms with Gasteiger partial charge in [-0.25, -0.2) is 0 Å². The minimum absolute atomic E-state index is 0.0331. The SMILES string of the molecule is CC(=O)O.CCCc1nnc(N2CC(C(=O)N(C)CCCN(C)C)CC2=O)s1. The second-order valence-electron chi connectivity index (χ2n) is 7.07. The summed E-state index contributed by atoms with van der Waals surface area (Å²) >= 11 is 1.45. The third-order valence-electron chi connectivity index (χ3n) is 4.10. The molecule has 1 aromatic rings. The second-order valence-corrected chi connectivity index (χ2v) is 8.11. The summed E-state index contributed by atoms with van der Waals surface area (Å²) in [4.78, 5) is 39.3. The second kappa shape index (κ2) is 11.7. The standard InChI is InChI=1S/C16H27N5O2S.C2H4O2/c1-5-7-13-17-18-16(24-13)21-11-12(10-14(21)22)15(23)20(4)9-6-8-19(2)3;1-2(3)4/h12H,5-11H2,1-4H3;1H3,(H,3,4). The summed E-state index contributed by atoms with van der Waals surface area (Å²) < 4.78 is 0. The van der Waals surface area contributed by atoms with Crippen molar-refractivity contribution in [2.75, 3.05) is 45.7 Å². The van der Waals surface area contributed by atoms with Crippen LogP contribution in [0.3, 0.4) is 0 Å². The highest BCUT2D eigenvalue weighted by atomic mass is 32.1. The average molecular weight is 414 g/mol. The number of anilines is 1. The number of hydrogen-bond acceptors (Lipinski definition) is 7. The van der Waals surface area contributed by atoms with Crippen molar-refractivity contribution >= 4 is 34.3 Å². The number of hydrogen-bond donors (Lipinski definition) is 1. The molecule has 28 heavy (non-hydrogen) atoms. The number of rotatable bonds is 8. The molecule has 1 N–H and O–H groups in total. The molecule has 1 aliphatic rings. The number of nitrogens with zero attached hydrogens (tertiary/aromatic N) is 5. The number of carboxylic acid groups (broad SMARTS) is 1. The molecule has 2 amide bonds. The number of carbonyl (C=O) groups is 3. The molecular formula is C18H31N5O4S. The van der Waals surface area contributed by atoms with Crippen molar-refractivity contribution in [3.8, 4) is 0 Å².